The van der Waals surface area contributed by atoms with Crippen molar-refractivity contribution < 1.29 is 4.42 Å². The summed E-state index contributed by atoms with van der Waals surface area (Å²) in [5.41, 5.74) is 2.09. The van der Waals surface area contributed by atoms with Crippen LogP contribution in [0.4, 0.5) is 0 Å². The molecule has 4 aromatic rings. The van der Waals surface area contributed by atoms with E-state index in [1.165, 1.54) is 16.3 Å². The minimum absolute atomic E-state index is 0.535. The van der Waals surface area contributed by atoms with Crippen LogP contribution in [0.5, 0.6) is 0 Å². The molecule has 0 bridgehead atoms. The largest absolute Gasteiger partial charge is 0.420 e. The van der Waals surface area contributed by atoms with Gasteiger partial charge in [0.25, 0.3) is 0 Å². The fourth-order valence-electron chi connectivity index (χ4n) is 2.68. The van der Waals surface area contributed by atoms with Gasteiger partial charge in [-0.3, -0.25) is 0 Å². The molecule has 1 aromatic heterocycles. The van der Waals surface area contributed by atoms with Crippen molar-refractivity contribution in [3.05, 3.63) is 82.7 Å². The Hall–Kier alpha value is -2.46. The molecule has 112 valence electrons. The van der Waals surface area contributed by atoms with Gasteiger partial charge < -0.3 is 4.42 Å². The van der Waals surface area contributed by atoms with E-state index in [0.717, 1.165) is 10.0 Å². The number of rotatable bonds is 3. The molecule has 0 aliphatic carbocycles. The van der Waals surface area contributed by atoms with Gasteiger partial charge in [0.2, 0.25) is 11.8 Å². The second-order valence-electron chi connectivity index (χ2n) is 5.30. The van der Waals surface area contributed by atoms with Crippen molar-refractivity contribution >= 4 is 26.7 Å². The number of aromatic nitrogens is 2. The molecule has 4 heteroatoms. The molecule has 1 heterocycles. The minimum atomic E-state index is 0.535. The minimum Gasteiger partial charge on any atom is -0.420 e. The molecule has 0 fully saturated rings. The zero-order valence-corrected chi connectivity index (χ0v) is 13.8. The van der Waals surface area contributed by atoms with Crippen LogP contribution in [0.1, 0.15) is 11.5 Å². The monoisotopic (exact) mass is 364 g/mol. The molecular formula is C19H13BrN2O. The molecule has 0 unspecified atom stereocenters. The number of benzene rings is 3. The predicted octanol–water partition coefficient (Wildman–Crippen LogP) is 5.24. The highest BCUT2D eigenvalue weighted by atomic mass is 79.9. The third kappa shape index (κ3) is 2.78. The maximum absolute atomic E-state index is 5.85. The standard InChI is InChI=1S/C19H13BrN2O/c20-17-11-4-3-10-16(17)19-22-21-18(23-19)12-14-8-5-7-13-6-1-2-9-15(13)14/h1-11H,12H2. The van der Waals surface area contributed by atoms with Crippen LogP contribution in [0.2, 0.25) is 0 Å². The summed E-state index contributed by atoms with van der Waals surface area (Å²) in [4.78, 5) is 0. The zero-order valence-electron chi connectivity index (χ0n) is 12.2. The van der Waals surface area contributed by atoms with Crippen molar-refractivity contribution in [1.82, 2.24) is 10.2 Å². The average molecular weight is 365 g/mol. The first-order chi connectivity index (χ1) is 11.3. The average Bonchev–Trinajstić information content (AvgIpc) is 3.04. The van der Waals surface area contributed by atoms with E-state index >= 15 is 0 Å². The van der Waals surface area contributed by atoms with Crippen LogP contribution in [0.15, 0.2) is 75.6 Å². The van der Waals surface area contributed by atoms with Crippen LogP contribution in [0.25, 0.3) is 22.2 Å². The lowest BCUT2D eigenvalue weighted by molar-refractivity contribution is 0.518. The second-order valence-corrected chi connectivity index (χ2v) is 6.15. The van der Waals surface area contributed by atoms with Crippen molar-refractivity contribution in [3.8, 4) is 11.5 Å². The van der Waals surface area contributed by atoms with Crippen molar-refractivity contribution in [2.24, 2.45) is 0 Å². The van der Waals surface area contributed by atoms with Crippen molar-refractivity contribution in [2.45, 2.75) is 6.42 Å². The molecule has 0 aliphatic rings. The summed E-state index contributed by atoms with van der Waals surface area (Å²) >= 11 is 3.51. The highest BCUT2D eigenvalue weighted by Gasteiger charge is 2.12. The highest BCUT2D eigenvalue weighted by Crippen LogP contribution is 2.28. The van der Waals surface area contributed by atoms with Gasteiger partial charge in [-0.15, -0.1) is 10.2 Å². The van der Waals surface area contributed by atoms with E-state index in [1.807, 2.05) is 36.4 Å². The van der Waals surface area contributed by atoms with E-state index < -0.39 is 0 Å². The molecule has 0 radical (unpaired) electrons. The van der Waals surface area contributed by atoms with Gasteiger partial charge in [0.05, 0.1) is 12.0 Å². The van der Waals surface area contributed by atoms with E-state index in [2.05, 4.69) is 56.5 Å². The third-order valence-corrected chi connectivity index (χ3v) is 4.48. The number of fused-ring (bicyclic) bond motifs is 1. The molecule has 23 heavy (non-hydrogen) atoms. The summed E-state index contributed by atoms with van der Waals surface area (Å²) < 4.78 is 6.80. The Balaban J connectivity index is 1.69. The Morgan fingerprint density at radius 1 is 0.826 bits per heavy atom. The fraction of sp³-hybridized carbons (Fsp3) is 0.0526. The lowest BCUT2D eigenvalue weighted by atomic mass is 10.0. The normalized spacial score (nSPS) is 11.0. The molecular weight excluding hydrogens is 352 g/mol. The van der Waals surface area contributed by atoms with E-state index in [9.17, 15) is 0 Å². The number of hydrogen-bond donors (Lipinski definition) is 0. The predicted molar refractivity (Wildman–Crippen MR) is 94.2 cm³/mol. The van der Waals surface area contributed by atoms with Crippen molar-refractivity contribution in [2.75, 3.05) is 0 Å². The number of nitrogens with zero attached hydrogens (tertiary/aromatic N) is 2. The maximum atomic E-state index is 5.85. The SMILES string of the molecule is Brc1ccccc1-c1nnc(Cc2cccc3ccccc23)o1. The molecule has 0 saturated carbocycles. The molecule has 0 N–H and O–H groups in total. The van der Waals surface area contributed by atoms with Crippen molar-refractivity contribution in [1.29, 1.82) is 0 Å². The number of halogens is 1. The lowest BCUT2D eigenvalue weighted by Gasteiger charge is -2.03. The number of hydrogen-bond acceptors (Lipinski definition) is 3. The van der Waals surface area contributed by atoms with Gasteiger partial charge in [-0.05, 0) is 44.4 Å². The first-order valence-electron chi connectivity index (χ1n) is 7.35. The van der Waals surface area contributed by atoms with E-state index in [4.69, 9.17) is 4.42 Å². The van der Waals surface area contributed by atoms with E-state index in [0.29, 0.717) is 18.2 Å². The summed E-state index contributed by atoms with van der Waals surface area (Å²) in [6, 6.07) is 22.4. The summed E-state index contributed by atoms with van der Waals surface area (Å²) in [5, 5.41) is 10.8. The van der Waals surface area contributed by atoms with Crippen LogP contribution in [-0.4, -0.2) is 10.2 Å². The molecule has 0 saturated heterocycles. The van der Waals surface area contributed by atoms with Gasteiger partial charge in [0.15, 0.2) is 0 Å². The van der Waals surface area contributed by atoms with Gasteiger partial charge in [-0.2, -0.15) is 0 Å². The molecule has 3 nitrogen and oxygen atoms in total. The van der Waals surface area contributed by atoms with Gasteiger partial charge in [0, 0.05) is 4.47 Å². The van der Waals surface area contributed by atoms with Crippen LogP contribution in [0, 0.1) is 0 Å². The summed E-state index contributed by atoms with van der Waals surface area (Å²) in [5.74, 6) is 1.15. The van der Waals surface area contributed by atoms with Crippen LogP contribution >= 0.6 is 15.9 Å². The second kappa shape index (κ2) is 5.97. The quantitative estimate of drug-likeness (QED) is 0.498. The Morgan fingerprint density at radius 3 is 2.52 bits per heavy atom. The highest BCUT2D eigenvalue weighted by molar-refractivity contribution is 9.10. The Kier molecular flexibility index (Phi) is 3.67. The molecule has 0 spiro atoms. The molecule has 0 amide bonds. The first-order valence-corrected chi connectivity index (χ1v) is 8.14. The van der Waals surface area contributed by atoms with Gasteiger partial charge in [-0.25, -0.2) is 0 Å². The topological polar surface area (TPSA) is 38.9 Å². The Morgan fingerprint density at radius 2 is 1.61 bits per heavy atom. The zero-order chi connectivity index (χ0) is 15.6. The Labute approximate surface area is 142 Å². The first kappa shape index (κ1) is 14.2. The van der Waals surface area contributed by atoms with Gasteiger partial charge >= 0.3 is 0 Å². The molecule has 3 aromatic carbocycles. The van der Waals surface area contributed by atoms with Crippen LogP contribution in [0.3, 0.4) is 0 Å². The summed E-state index contributed by atoms with van der Waals surface area (Å²) in [6.07, 6.45) is 0.624. The third-order valence-electron chi connectivity index (χ3n) is 3.79. The van der Waals surface area contributed by atoms with Gasteiger partial charge in [-0.1, -0.05) is 54.6 Å². The maximum Gasteiger partial charge on any atom is 0.248 e. The Bertz CT molecular complexity index is 972. The molecule has 4 rings (SSSR count). The van der Waals surface area contributed by atoms with E-state index in [1.54, 1.807) is 0 Å². The molecule has 0 atom stereocenters. The fourth-order valence-corrected chi connectivity index (χ4v) is 3.13. The van der Waals surface area contributed by atoms with E-state index in [-0.39, 0.29) is 0 Å². The summed E-state index contributed by atoms with van der Waals surface area (Å²) in [6.45, 7) is 0. The van der Waals surface area contributed by atoms with Crippen LogP contribution < -0.4 is 0 Å². The van der Waals surface area contributed by atoms with Gasteiger partial charge in [0.1, 0.15) is 0 Å². The molecule has 0 aliphatic heterocycles. The lowest BCUT2D eigenvalue weighted by Crippen LogP contribution is -1.90. The van der Waals surface area contributed by atoms with Crippen molar-refractivity contribution in [3.63, 3.8) is 0 Å². The smallest absolute Gasteiger partial charge is 0.248 e. The summed E-state index contributed by atoms with van der Waals surface area (Å²) in [7, 11) is 0. The van der Waals surface area contributed by atoms with Crippen LogP contribution in [-0.2, 0) is 6.42 Å².